The lowest BCUT2D eigenvalue weighted by molar-refractivity contribution is 0.0942. The first-order chi connectivity index (χ1) is 11.3. The summed E-state index contributed by atoms with van der Waals surface area (Å²) in [5.74, 6) is 0.226. The van der Waals surface area contributed by atoms with Crippen molar-refractivity contribution in [3.8, 4) is 5.75 Å². The van der Waals surface area contributed by atoms with Crippen molar-refractivity contribution in [1.82, 2.24) is 5.32 Å². The lowest BCUT2D eigenvalue weighted by atomic mass is 10.2. The third kappa shape index (κ3) is 5.08. The second-order valence-corrected chi connectivity index (χ2v) is 7.58. The van der Waals surface area contributed by atoms with Crippen LogP contribution in [0.25, 0.3) is 0 Å². The highest BCUT2D eigenvalue weighted by Crippen LogP contribution is 2.32. The molecular weight excluding hydrogens is 394 g/mol. The minimum Gasteiger partial charge on any atom is -0.497 e. The maximum Gasteiger partial charge on any atom is 0.254 e. The Morgan fingerprint density at radius 2 is 1.71 bits per heavy atom. The van der Waals surface area contributed by atoms with Crippen LogP contribution in [0.3, 0.4) is 0 Å². The number of rotatable bonds is 5. The summed E-state index contributed by atoms with van der Waals surface area (Å²) in [6.07, 6.45) is -0.973. The quantitative estimate of drug-likeness (QED) is 0.548. The zero-order chi connectivity index (χ0) is 17.7. The van der Waals surface area contributed by atoms with Gasteiger partial charge in [-0.15, -0.1) is 0 Å². The Kier molecular flexibility index (Phi) is 6.47. The fourth-order valence-corrected chi connectivity index (χ4v) is 2.46. The third-order valence-electron chi connectivity index (χ3n) is 3.12. The normalized spacial score (nSPS) is 12.4. The topological polar surface area (TPSA) is 50.4 Å². The SMILES string of the molecule is COc1ccc(NC(NC(=O)c2ccccc2Cl)C(Cl)(Cl)Cl)cc1. The van der Waals surface area contributed by atoms with Crippen LogP contribution in [0.4, 0.5) is 5.69 Å². The van der Waals surface area contributed by atoms with E-state index in [1.54, 1.807) is 55.6 Å². The standard InChI is InChI=1S/C16H14Cl4N2O2/c1-24-11-8-6-10(7-9-11)21-15(16(18,19)20)22-14(23)12-4-2-3-5-13(12)17/h2-9,15,21H,1H3,(H,22,23). The summed E-state index contributed by atoms with van der Waals surface area (Å²) in [4.78, 5) is 12.4. The highest BCUT2D eigenvalue weighted by atomic mass is 35.6. The molecule has 2 rings (SSSR count). The molecule has 1 atom stereocenters. The van der Waals surface area contributed by atoms with Crippen molar-refractivity contribution in [2.24, 2.45) is 0 Å². The number of halogens is 4. The van der Waals surface area contributed by atoms with Crippen molar-refractivity contribution in [1.29, 1.82) is 0 Å². The zero-order valence-corrected chi connectivity index (χ0v) is 15.5. The van der Waals surface area contributed by atoms with Crippen molar-refractivity contribution in [3.63, 3.8) is 0 Å². The van der Waals surface area contributed by atoms with Crippen LogP contribution in [0.1, 0.15) is 10.4 Å². The Morgan fingerprint density at radius 3 is 2.25 bits per heavy atom. The van der Waals surface area contributed by atoms with Crippen LogP contribution < -0.4 is 15.4 Å². The maximum absolute atomic E-state index is 12.4. The lowest BCUT2D eigenvalue weighted by Crippen LogP contribution is -2.49. The van der Waals surface area contributed by atoms with E-state index in [1.807, 2.05) is 0 Å². The van der Waals surface area contributed by atoms with Gasteiger partial charge in [-0.2, -0.15) is 0 Å². The molecule has 0 heterocycles. The Balaban J connectivity index is 2.16. The molecule has 0 aliphatic heterocycles. The van der Waals surface area contributed by atoms with Crippen LogP contribution in [0.15, 0.2) is 48.5 Å². The molecule has 0 fully saturated rings. The predicted octanol–water partition coefficient (Wildman–Crippen LogP) is 4.89. The van der Waals surface area contributed by atoms with Crippen LogP contribution in [-0.2, 0) is 0 Å². The van der Waals surface area contributed by atoms with Gasteiger partial charge in [0.15, 0.2) is 0 Å². The number of anilines is 1. The van der Waals surface area contributed by atoms with Gasteiger partial charge in [0, 0.05) is 5.69 Å². The molecule has 0 aliphatic carbocycles. The smallest absolute Gasteiger partial charge is 0.254 e. The molecule has 4 nitrogen and oxygen atoms in total. The molecular formula is C16H14Cl4N2O2. The number of alkyl halides is 3. The average Bonchev–Trinajstić information content (AvgIpc) is 2.54. The van der Waals surface area contributed by atoms with Gasteiger partial charge in [-0.25, -0.2) is 0 Å². The fourth-order valence-electron chi connectivity index (χ4n) is 1.91. The molecule has 0 bridgehead atoms. The number of carbonyl (C=O) groups is 1. The maximum atomic E-state index is 12.4. The fraction of sp³-hybridized carbons (Fsp3) is 0.188. The minimum absolute atomic E-state index is 0.287. The Hall–Kier alpha value is -1.33. The van der Waals surface area contributed by atoms with E-state index < -0.39 is 15.9 Å². The van der Waals surface area contributed by atoms with Gasteiger partial charge in [-0.1, -0.05) is 58.5 Å². The first kappa shape index (κ1) is 19.0. The molecule has 8 heteroatoms. The Morgan fingerprint density at radius 1 is 1.08 bits per heavy atom. The predicted molar refractivity (Wildman–Crippen MR) is 99.6 cm³/mol. The van der Waals surface area contributed by atoms with E-state index in [0.29, 0.717) is 16.5 Å². The molecule has 128 valence electrons. The molecule has 24 heavy (non-hydrogen) atoms. The third-order valence-corrected chi connectivity index (χ3v) is 4.11. The van der Waals surface area contributed by atoms with Crippen molar-refractivity contribution >= 4 is 58.0 Å². The highest BCUT2D eigenvalue weighted by molar-refractivity contribution is 6.68. The number of amides is 1. The first-order valence-electron chi connectivity index (χ1n) is 6.84. The number of methoxy groups -OCH3 is 1. The van der Waals surface area contributed by atoms with Crippen molar-refractivity contribution in [2.45, 2.75) is 9.96 Å². The van der Waals surface area contributed by atoms with Gasteiger partial charge in [0.05, 0.1) is 17.7 Å². The molecule has 2 N–H and O–H groups in total. The second kappa shape index (κ2) is 8.17. The van der Waals surface area contributed by atoms with E-state index in [1.165, 1.54) is 0 Å². The summed E-state index contributed by atoms with van der Waals surface area (Å²) in [6, 6.07) is 13.6. The molecule has 1 amide bonds. The van der Waals surface area contributed by atoms with Crippen molar-refractivity contribution in [3.05, 3.63) is 59.1 Å². The van der Waals surface area contributed by atoms with Gasteiger partial charge in [0.1, 0.15) is 11.9 Å². The molecule has 0 aromatic heterocycles. The number of benzene rings is 2. The number of hydrogen-bond acceptors (Lipinski definition) is 3. The number of carbonyl (C=O) groups excluding carboxylic acids is 1. The van der Waals surface area contributed by atoms with E-state index in [-0.39, 0.29) is 5.56 Å². The van der Waals surface area contributed by atoms with Crippen LogP contribution in [0.2, 0.25) is 5.02 Å². The summed E-state index contributed by atoms with van der Waals surface area (Å²) in [7, 11) is 1.57. The summed E-state index contributed by atoms with van der Waals surface area (Å²) >= 11 is 23.9. The van der Waals surface area contributed by atoms with Gasteiger partial charge in [0.25, 0.3) is 5.91 Å². The van der Waals surface area contributed by atoms with E-state index in [0.717, 1.165) is 0 Å². The van der Waals surface area contributed by atoms with Gasteiger partial charge >= 0.3 is 0 Å². The van der Waals surface area contributed by atoms with Crippen LogP contribution in [-0.4, -0.2) is 23.0 Å². The van der Waals surface area contributed by atoms with E-state index in [4.69, 9.17) is 51.1 Å². The van der Waals surface area contributed by atoms with E-state index >= 15 is 0 Å². The largest absolute Gasteiger partial charge is 0.497 e. The van der Waals surface area contributed by atoms with Gasteiger partial charge in [-0.3, -0.25) is 4.79 Å². The van der Waals surface area contributed by atoms with Crippen molar-refractivity contribution < 1.29 is 9.53 Å². The second-order valence-electron chi connectivity index (χ2n) is 4.80. The van der Waals surface area contributed by atoms with E-state index in [9.17, 15) is 4.79 Å². The summed E-state index contributed by atoms with van der Waals surface area (Å²) in [5, 5.41) is 5.90. The summed E-state index contributed by atoms with van der Waals surface area (Å²) in [6.45, 7) is 0. The molecule has 0 saturated heterocycles. The number of ether oxygens (including phenoxy) is 1. The number of nitrogens with one attached hydrogen (secondary N) is 2. The molecule has 0 spiro atoms. The van der Waals surface area contributed by atoms with E-state index in [2.05, 4.69) is 10.6 Å². The van der Waals surface area contributed by atoms with Crippen LogP contribution >= 0.6 is 46.4 Å². The molecule has 2 aromatic rings. The molecule has 0 aliphatic rings. The minimum atomic E-state index is -1.78. The molecule has 1 unspecified atom stereocenters. The Bertz CT molecular complexity index is 702. The molecule has 0 saturated carbocycles. The van der Waals surface area contributed by atoms with Gasteiger partial charge < -0.3 is 15.4 Å². The summed E-state index contributed by atoms with van der Waals surface area (Å²) < 4.78 is 3.31. The zero-order valence-electron chi connectivity index (χ0n) is 12.5. The number of hydrogen-bond donors (Lipinski definition) is 2. The van der Waals surface area contributed by atoms with Gasteiger partial charge in [0.2, 0.25) is 3.79 Å². The molecule has 0 radical (unpaired) electrons. The van der Waals surface area contributed by atoms with Crippen molar-refractivity contribution in [2.75, 3.05) is 12.4 Å². The van der Waals surface area contributed by atoms with Gasteiger partial charge in [-0.05, 0) is 36.4 Å². The summed E-state index contributed by atoms with van der Waals surface area (Å²) in [5.41, 5.74) is 0.932. The monoisotopic (exact) mass is 406 g/mol. The lowest BCUT2D eigenvalue weighted by Gasteiger charge is -2.27. The Labute approximate surface area is 160 Å². The molecule has 2 aromatic carbocycles. The van der Waals surface area contributed by atoms with Crippen LogP contribution in [0, 0.1) is 0 Å². The van der Waals surface area contributed by atoms with Crippen LogP contribution in [0.5, 0.6) is 5.75 Å². The average molecular weight is 408 g/mol. The highest BCUT2D eigenvalue weighted by Gasteiger charge is 2.34. The first-order valence-corrected chi connectivity index (χ1v) is 8.35.